The third-order valence-electron chi connectivity index (χ3n) is 16.0. The van der Waals surface area contributed by atoms with Gasteiger partial charge in [0, 0.05) is 33.5 Å². The van der Waals surface area contributed by atoms with Crippen molar-refractivity contribution in [3.05, 3.63) is 191 Å². The molecule has 4 bridgehead atoms. The second-order valence-electron chi connectivity index (χ2n) is 18.6. The summed E-state index contributed by atoms with van der Waals surface area (Å²) >= 11 is 7.98. The molecule has 7 aromatic carbocycles. The molecule has 4 saturated carbocycles. The molecule has 3 heteroatoms. The van der Waals surface area contributed by atoms with Gasteiger partial charge in [-0.1, -0.05) is 134 Å². The first kappa shape index (κ1) is 34.3. The molecule has 4 fully saturated rings. The van der Waals surface area contributed by atoms with Crippen LogP contribution in [0.2, 0.25) is 5.02 Å². The van der Waals surface area contributed by atoms with Gasteiger partial charge in [0.15, 0.2) is 0 Å². The molecule has 13 rings (SSSR count). The monoisotopic (exact) mass is 782 g/mol. The summed E-state index contributed by atoms with van der Waals surface area (Å²) in [6, 6.07) is 61.3. The van der Waals surface area contributed by atoms with E-state index in [1.807, 2.05) is 0 Å². The van der Waals surface area contributed by atoms with Gasteiger partial charge in [0.25, 0.3) is 0 Å². The zero-order valence-corrected chi connectivity index (χ0v) is 34.1. The Bertz CT molecular complexity index is 2810. The van der Waals surface area contributed by atoms with Crippen molar-refractivity contribution in [2.75, 3.05) is 9.80 Å². The summed E-state index contributed by atoms with van der Waals surface area (Å²) in [5.41, 5.74) is 18.4. The Morgan fingerprint density at radius 2 is 0.915 bits per heavy atom. The molecule has 0 unspecified atom stereocenters. The van der Waals surface area contributed by atoms with Gasteiger partial charge < -0.3 is 9.80 Å². The van der Waals surface area contributed by atoms with Crippen LogP contribution >= 0.6 is 11.6 Å². The van der Waals surface area contributed by atoms with Gasteiger partial charge >= 0.3 is 0 Å². The van der Waals surface area contributed by atoms with Crippen molar-refractivity contribution in [2.45, 2.75) is 62.2 Å². The van der Waals surface area contributed by atoms with E-state index in [1.54, 1.807) is 5.56 Å². The van der Waals surface area contributed by atoms with Crippen molar-refractivity contribution in [3.63, 3.8) is 0 Å². The molecule has 0 heterocycles. The van der Waals surface area contributed by atoms with Crippen molar-refractivity contribution in [2.24, 2.45) is 23.7 Å². The Morgan fingerprint density at radius 3 is 1.56 bits per heavy atom. The number of nitrogens with zero attached hydrogens (tertiary/aromatic N) is 2. The minimum atomic E-state index is 0.0891. The van der Waals surface area contributed by atoms with E-state index in [-0.39, 0.29) is 10.8 Å². The summed E-state index contributed by atoms with van der Waals surface area (Å²) < 4.78 is 0. The average Bonchev–Trinajstić information content (AvgIpc) is 4.16. The van der Waals surface area contributed by atoms with E-state index >= 15 is 0 Å². The molecular formula is C56H47ClN2. The van der Waals surface area contributed by atoms with Gasteiger partial charge in [-0.15, -0.1) is 0 Å². The minimum Gasteiger partial charge on any atom is -0.309 e. The molecule has 6 aliphatic carbocycles. The molecule has 0 radical (unpaired) electrons. The number of benzene rings is 7. The average molecular weight is 783 g/mol. The van der Waals surface area contributed by atoms with Crippen LogP contribution in [-0.2, 0) is 10.8 Å². The lowest BCUT2D eigenvalue weighted by Crippen LogP contribution is -2.31. The zero-order chi connectivity index (χ0) is 38.9. The summed E-state index contributed by atoms with van der Waals surface area (Å²) in [6.45, 7) is 0. The van der Waals surface area contributed by atoms with Crippen LogP contribution in [0.15, 0.2) is 164 Å². The van der Waals surface area contributed by atoms with E-state index in [1.165, 1.54) is 96.0 Å². The summed E-state index contributed by atoms with van der Waals surface area (Å²) in [7, 11) is 0. The molecule has 6 aliphatic rings. The number of rotatable bonds is 6. The van der Waals surface area contributed by atoms with Crippen molar-refractivity contribution in [1.82, 2.24) is 0 Å². The molecule has 2 nitrogen and oxygen atoms in total. The fourth-order valence-corrected chi connectivity index (χ4v) is 14.3. The number of hydrogen-bond acceptors (Lipinski definition) is 2. The van der Waals surface area contributed by atoms with Crippen LogP contribution < -0.4 is 9.80 Å². The fraction of sp³-hybridized carbons (Fsp3) is 0.250. The van der Waals surface area contributed by atoms with Crippen LogP contribution in [0.4, 0.5) is 34.1 Å². The molecule has 288 valence electrons. The maximum atomic E-state index is 7.98. The van der Waals surface area contributed by atoms with Gasteiger partial charge in [-0.3, -0.25) is 0 Å². The quantitative estimate of drug-likeness (QED) is 0.166. The van der Waals surface area contributed by atoms with Crippen molar-refractivity contribution >= 4 is 45.7 Å². The third-order valence-corrected chi connectivity index (χ3v) is 16.4. The number of anilines is 6. The van der Waals surface area contributed by atoms with Gasteiger partial charge in [-0.25, -0.2) is 0 Å². The zero-order valence-electron chi connectivity index (χ0n) is 33.3. The Balaban J connectivity index is 1.00. The van der Waals surface area contributed by atoms with E-state index < -0.39 is 0 Å². The fourth-order valence-electron chi connectivity index (χ4n) is 14.0. The Kier molecular flexibility index (Phi) is 7.39. The third kappa shape index (κ3) is 4.64. The van der Waals surface area contributed by atoms with Crippen molar-refractivity contribution in [1.29, 1.82) is 0 Å². The smallest absolute Gasteiger partial charge is 0.0887 e. The molecule has 2 spiro atoms. The minimum absolute atomic E-state index is 0.0891. The van der Waals surface area contributed by atoms with Gasteiger partial charge in [-0.05, 0) is 156 Å². The van der Waals surface area contributed by atoms with E-state index in [0.717, 1.165) is 51.2 Å². The summed E-state index contributed by atoms with van der Waals surface area (Å²) in [4.78, 5) is 4.83. The first-order chi connectivity index (χ1) is 29.1. The maximum absolute atomic E-state index is 7.98. The van der Waals surface area contributed by atoms with Crippen molar-refractivity contribution in [3.8, 4) is 22.3 Å². The molecular weight excluding hydrogens is 736 g/mol. The number of para-hydroxylation sites is 2. The van der Waals surface area contributed by atoms with Crippen LogP contribution in [0, 0.1) is 23.7 Å². The van der Waals surface area contributed by atoms with Gasteiger partial charge in [0.2, 0.25) is 0 Å². The highest BCUT2D eigenvalue weighted by atomic mass is 35.5. The topological polar surface area (TPSA) is 6.48 Å². The second kappa shape index (κ2) is 12.7. The highest BCUT2D eigenvalue weighted by molar-refractivity contribution is 6.36. The summed E-state index contributed by atoms with van der Waals surface area (Å²) in [6.07, 6.45) is 10.7. The van der Waals surface area contributed by atoms with Gasteiger partial charge in [-0.2, -0.15) is 0 Å². The standard InChI is InChI=1S/C56H47ClN2/c57-54-51(58(40-13-3-1-4-14-40)42-29-30-48-45(33-42)43-17-7-9-19-46(43)55(48)34-36-25-27-38(55)31-36)23-12-24-52(54)59(41-15-5-2-6-16-41)50-22-11-21-49-53(50)44-18-8-10-20-47(44)56(49)35-37-26-28-39(56)32-37/h1-24,29-30,33,36-39H,25-28,31-32,34-35H2/t36-,37-,38+,39+,55+,56+/m0/s1. The number of halogens is 1. The molecule has 0 N–H and O–H groups in total. The lowest BCUT2D eigenvalue weighted by Gasteiger charge is -2.37. The first-order valence-corrected chi connectivity index (χ1v) is 22.5. The predicted octanol–water partition coefficient (Wildman–Crippen LogP) is 15.5. The first-order valence-electron chi connectivity index (χ1n) is 22.1. The molecule has 0 amide bonds. The summed E-state index contributed by atoms with van der Waals surface area (Å²) in [5.74, 6) is 3.08. The Labute approximate surface area is 353 Å². The molecule has 59 heavy (non-hydrogen) atoms. The van der Waals surface area contributed by atoms with Crippen molar-refractivity contribution < 1.29 is 0 Å². The second-order valence-corrected chi connectivity index (χ2v) is 19.0. The Morgan fingerprint density at radius 1 is 0.407 bits per heavy atom. The normalized spacial score (nSPS) is 26.0. The largest absolute Gasteiger partial charge is 0.309 e. The molecule has 6 atom stereocenters. The maximum Gasteiger partial charge on any atom is 0.0887 e. The van der Waals surface area contributed by atoms with E-state index in [0.29, 0.717) is 5.92 Å². The van der Waals surface area contributed by atoms with E-state index in [9.17, 15) is 0 Å². The molecule has 0 saturated heterocycles. The van der Waals surface area contributed by atoms with E-state index in [2.05, 4.69) is 174 Å². The van der Waals surface area contributed by atoms with Crippen LogP contribution in [0.3, 0.4) is 0 Å². The SMILES string of the molecule is Clc1c(N(c2ccccc2)c2ccc3c(c2)-c2ccccc2[C@]32C[C@H]3CC[C@@H]2C3)cccc1N(c1ccccc1)c1cccc2c1-c1ccccc1[C@]21C[C@H]2CC[C@@H]1C2. The molecule has 0 aliphatic heterocycles. The summed E-state index contributed by atoms with van der Waals surface area (Å²) in [5, 5.41) is 0.726. The molecule has 0 aromatic heterocycles. The predicted molar refractivity (Wildman–Crippen MR) is 244 cm³/mol. The lowest BCUT2D eigenvalue weighted by molar-refractivity contribution is 0.327. The number of fused-ring (bicyclic) bond motifs is 16. The number of hydrogen-bond donors (Lipinski definition) is 0. The van der Waals surface area contributed by atoms with Crippen LogP contribution in [-0.4, -0.2) is 0 Å². The van der Waals surface area contributed by atoms with E-state index in [4.69, 9.17) is 11.6 Å². The Hall–Kier alpha value is -5.57. The molecule has 7 aromatic rings. The van der Waals surface area contributed by atoms with Crippen LogP contribution in [0.5, 0.6) is 0 Å². The lowest BCUT2D eigenvalue weighted by atomic mass is 9.67. The van der Waals surface area contributed by atoms with Crippen LogP contribution in [0.25, 0.3) is 22.3 Å². The van der Waals surface area contributed by atoms with Gasteiger partial charge in [0.1, 0.15) is 0 Å². The van der Waals surface area contributed by atoms with Crippen LogP contribution in [0.1, 0.15) is 73.6 Å². The highest BCUT2D eigenvalue weighted by Gasteiger charge is 2.58. The highest BCUT2D eigenvalue weighted by Crippen LogP contribution is 2.68. The van der Waals surface area contributed by atoms with Gasteiger partial charge in [0.05, 0.1) is 22.1 Å².